The summed E-state index contributed by atoms with van der Waals surface area (Å²) in [6.07, 6.45) is 48.2. The van der Waals surface area contributed by atoms with E-state index in [0.29, 0.717) is 23.7 Å². The minimum atomic E-state index is -1.73. The second-order valence-electron chi connectivity index (χ2n) is 12.8. The first-order valence-corrected chi connectivity index (χ1v) is 24.7. The zero-order chi connectivity index (χ0) is 27.2. The van der Waals surface area contributed by atoms with Gasteiger partial charge in [-0.05, 0) is 58.4 Å². The number of hydrogen-bond donors (Lipinski definition) is 0. The van der Waals surface area contributed by atoms with Crippen LogP contribution < -0.4 is 0 Å². The molecule has 41 heavy (non-hydrogen) atoms. The molecule has 222 valence electrons. The van der Waals surface area contributed by atoms with Crippen LogP contribution in [-0.4, -0.2) is 8.07 Å². The van der Waals surface area contributed by atoms with Gasteiger partial charge in [-0.25, -0.2) is 0 Å². The Morgan fingerprint density at radius 2 is 0.756 bits per heavy atom. The van der Waals surface area contributed by atoms with Gasteiger partial charge in [0.05, 0.1) is 8.07 Å². The van der Waals surface area contributed by atoms with Gasteiger partial charge < -0.3 is 14.9 Å². The van der Waals surface area contributed by atoms with Crippen molar-refractivity contribution < 1.29 is 20.8 Å². The van der Waals surface area contributed by atoms with Gasteiger partial charge in [0.25, 0.3) is 0 Å². The van der Waals surface area contributed by atoms with Crippen LogP contribution in [0.25, 0.3) is 0 Å². The van der Waals surface area contributed by atoms with Crippen molar-refractivity contribution in [2.45, 2.75) is 69.1 Å². The van der Waals surface area contributed by atoms with Gasteiger partial charge in [-0.2, -0.15) is 0 Å². The number of hydrogen-bond acceptors (Lipinski definition) is 0. The summed E-state index contributed by atoms with van der Waals surface area (Å²) in [4.78, 5) is 0. The van der Waals surface area contributed by atoms with Gasteiger partial charge in [-0.3, -0.25) is 0 Å². The van der Waals surface area contributed by atoms with Crippen molar-refractivity contribution in [2.75, 3.05) is 0 Å². The summed E-state index contributed by atoms with van der Waals surface area (Å²) in [5.74, 6) is 5.66. The Morgan fingerprint density at radius 3 is 1.07 bits per heavy atom. The Kier molecular flexibility index (Phi) is 14.2. The Labute approximate surface area is 272 Å². The predicted octanol–water partition coefficient (Wildman–Crippen LogP) is 11.9. The molecule has 0 spiro atoms. The molecule has 8 atom stereocenters. The fraction of sp³-hybridized carbons (Fsp3) is 0.514. The summed E-state index contributed by atoms with van der Waals surface area (Å²) in [5, 5.41) is 0. The SMILES string of the molecule is CCCCCCCC[Si](C)(C1C2C=CC=CC2C2C=CC=CC21)C1C2C=CC=CC2C2C=CC=CC21.[CH3-].[CH3-].[Cl][Zr+2][Cl]. The van der Waals surface area contributed by atoms with Crippen LogP contribution in [0.2, 0.25) is 23.7 Å². The minimum absolute atomic E-state index is 0. The molecule has 6 aliphatic carbocycles. The molecule has 0 radical (unpaired) electrons. The molecular weight excluding hydrogens is 635 g/mol. The van der Waals surface area contributed by atoms with Crippen molar-refractivity contribution in [3.63, 3.8) is 0 Å². The molecule has 2 saturated carbocycles. The van der Waals surface area contributed by atoms with Gasteiger partial charge >= 0.3 is 37.9 Å². The summed E-state index contributed by atoms with van der Waals surface area (Å²) >= 11 is -0.826. The van der Waals surface area contributed by atoms with E-state index in [1.54, 1.807) is 0 Å². The average Bonchev–Trinajstić information content (AvgIpc) is 3.49. The van der Waals surface area contributed by atoms with Crippen molar-refractivity contribution in [2.24, 2.45) is 47.3 Å². The first-order chi connectivity index (χ1) is 19.2. The third kappa shape index (κ3) is 7.13. The van der Waals surface area contributed by atoms with E-state index < -0.39 is 28.9 Å². The molecular formula is C37H52Cl2SiZr. The van der Waals surface area contributed by atoms with E-state index in [0.717, 1.165) is 34.8 Å². The van der Waals surface area contributed by atoms with Crippen molar-refractivity contribution >= 4 is 25.1 Å². The molecule has 0 nitrogen and oxygen atoms in total. The number of fused-ring (bicyclic) bond motifs is 6. The number of halogens is 2. The maximum atomic E-state index is 4.93. The second-order valence-corrected chi connectivity index (χ2v) is 21.4. The van der Waals surface area contributed by atoms with Crippen molar-refractivity contribution in [1.82, 2.24) is 0 Å². The van der Waals surface area contributed by atoms with Crippen molar-refractivity contribution in [3.8, 4) is 0 Å². The van der Waals surface area contributed by atoms with Gasteiger partial charge in [0.1, 0.15) is 0 Å². The van der Waals surface area contributed by atoms with Crippen LogP contribution in [-0.2, 0) is 20.8 Å². The Hall–Kier alpha value is -0.400. The average molecular weight is 687 g/mol. The second kappa shape index (κ2) is 16.6. The quantitative estimate of drug-likeness (QED) is 0.129. The summed E-state index contributed by atoms with van der Waals surface area (Å²) in [7, 11) is 8.14. The zero-order valence-electron chi connectivity index (χ0n) is 25.7. The zero-order valence-corrected chi connectivity index (χ0v) is 30.7. The van der Waals surface area contributed by atoms with Gasteiger partial charge in [0.15, 0.2) is 0 Å². The first kappa shape index (κ1) is 35.1. The predicted molar refractivity (Wildman–Crippen MR) is 183 cm³/mol. The first-order valence-electron chi connectivity index (χ1n) is 15.5. The van der Waals surface area contributed by atoms with Crippen LogP contribution in [0, 0.1) is 62.2 Å². The van der Waals surface area contributed by atoms with Crippen LogP contribution >= 0.6 is 17.0 Å². The molecule has 0 aromatic carbocycles. The summed E-state index contributed by atoms with van der Waals surface area (Å²) in [6.45, 7) is 5.23. The molecule has 0 aliphatic heterocycles. The fourth-order valence-corrected chi connectivity index (χ4v) is 16.6. The molecule has 0 heterocycles. The Morgan fingerprint density at radius 1 is 0.488 bits per heavy atom. The van der Waals surface area contributed by atoms with E-state index in [4.69, 9.17) is 17.0 Å². The van der Waals surface area contributed by atoms with Gasteiger partial charge in [-0.15, -0.1) is 0 Å². The van der Waals surface area contributed by atoms with Crippen LogP contribution in [0.4, 0.5) is 0 Å². The molecule has 8 unspecified atom stereocenters. The molecule has 4 heteroatoms. The van der Waals surface area contributed by atoms with E-state index in [1.165, 1.54) is 44.6 Å². The Bertz CT molecular complexity index is 925. The Balaban J connectivity index is 0.000000887. The van der Waals surface area contributed by atoms with E-state index in [2.05, 4.69) is 111 Å². The standard InChI is InChI=1S/C35H46Si.2CH3.2ClH.Zr/c1-3-4-5-6-7-16-25-36(2,34-30-21-12-8-17-26(30)27-18-9-13-22-31(27)34)35-32-23-14-10-19-28(32)29-20-11-15-24-33(29)35;;;;;/h8-15,17-24,26-35H,3-7,16,25H2,1-2H3;2*1H3;2*1H;/q;2*-1;;;+4/p-2. The van der Waals surface area contributed by atoms with Gasteiger partial charge in [0.2, 0.25) is 0 Å². The summed E-state index contributed by atoms with van der Waals surface area (Å²) in [6, 6.07) is 1.51. The number of unbranched alkanes of at least 4 members (excludes halogenated alkanes) is 5. The molecule has 0 aromatic heterocycles. The van der Waals surface area contributed by atoms with Crippen LogP contribution in [0.15, 0.2) is 97.2 Å². The van der Waals surface area contributed by atoms with Crippen molar-refractivity contribution in [1.29, 1.82) is 0 Å². The maximum absolute atomic E-state index is 4.93. The van der Waals surface area contributed by atoms with E-state index in [-0.39, 0.29) is 14.9 Å². The van der Waals surface area contributed by atoms with E-state index in [9.17, 15) is 0 Å². The van der Waals surface area contributed by atoms with Crippen LogP contribution in [0.5, 0.6) is 0 Å². The molecule has 0 amide bonds. The summed E-state index contributed by atoms with van der Waals surface area (Å²) < 4.78 is 0. The third-order valence-electron chi connectivity index (χ3n) is 11.0. The van der Waals surface area contributed by atoms with Crippen molar-refractivity contribution in [3.05, 3.63) is 112 Å². The normalized spacial score (nSPS) is 37.4. The molecule has 2 fully saturated rings. The monoisotopic (exact) mass is 684 g/mol. The molecule has 0 bridgehead atoms. The topological polar surface area (TPSA) is 0 Å². The van der Waals surface area contributed by atoms with E-state index >= 15 is 0 Å². The fourth-order valence-electron chi connectivity index (χ4n) is 9.66. The number of allylic oxidation sites excluding steroid dienone is 16. The van der Waals surface area contributed by atoms with Gasteiger partial charge in [0, 0.05) is 0 Å². The summed E-state index contributed by atoms with van der Waals surface area (Å²) in [5.41, 5.74) is 1.68. The van der Waals surface area contributed by atoms with Gasteiger partial charge in [-0.1, -0.05) is 155 Å². The van der Waals surface area contributed by atoms with E-state index in [1.807, 2.05) is 0 Å². The molecule has 6 rings (SSSR count). The van der Waals surface area contributed by atoms with Crippen LogP contribution in [0.3, 0.4) is 0 Å². The third-order valence-corrected chi connectivity index (χ3v) is 17.0. The van der Waals surface area contributed by atoms with Crippen LogP contribution in [0.1, 0.15) is 45.4 Å². The molecule has 0 saturated heterocycles. The molecule has 0 aromatic rings. The molecule has 6 aliphatic rings. The number of rotatable bonds is 9. The molecule has 0 N–H and O–H groups in total.